The molecule has 6 heteroatoms. The molecule has 2 rings (SSSR count). The number of hydrogen-bond donors (Lipinski definition) is 0. The Balaban J connectivity index is 2.05. The van der Waals surface area contributed by atoms with E-state index in [9.17, 15) is 13.2 Å². The zero-order valence-corrected chi connectivity index (χ0v) is 13.2. The van der Waals surface area contributed by atoms with E-state index in [-0.39, 0.29) is 5.97 Å². The Morgan fingerprint density at radius 1 is 1.15 bits per heavy atom. The Hall–Kier alpha value is -0.620. The van der Waals surface area contributed by atoms with Crippen molar-refractivity contribution < 1.29 is 17.9 Å². The SMILES string of the molecule is COC(=O)C1CCCC1S(=O)(=O)N(C)CC1CCCC1. The van der Waals surface area contributed by atoms with Gasteiger partial charge in [-0.2, -0.15) is 0 Å². The van der Waals surface area contributed by atoms with Crippen molar-refractivity contribution in [3.8, 4) is 0 Å². The van der Waals surface area contributed by atoms with E-state index in [1.54, 1.807) is 7.05 Å². The molecule has 2 atom stereocenters. The molecule has 0 aromatic carbocycles. The standard InChI is InChI=1S/C14H25NO4S/c1-15(10-11-6-3-4-7-11)20(17,18)13-9-5-8-12(13)14(16)19-2/h11-13H,3-10H2,1-2H3. The Morgan fingerprint density at radius 2 is 1.80 bits per heavy atom. The van der Waals surface area contributed by atoms with Gasteiger partial charge in [-0.05, 0) is 31.6 Å². The molecule has 2 unspecified atom stereocenters. The molecule has 0 amide bonds. The predicted molar refractivity (Wildman–Crippen MR) is 76.7 cm³/mol. The van der Waals surface area contributed by atoms with Crippen molar-refractivity contribution in [1.29, 1.82) is 0 Å². The molecule has 5 nitrogen and oxygen atoms in total. The molecule has 20 heavy (non-hydrogen) atoms. The Kier molecular flexibility index (Phi) is 5.07. The molecule has 0 spiro atoms. The van der Waals surface area contributed by atoms with E-state index in [1.165, 1.54) is 24.3 Å². The third kappa shape index (κ3) is 3.17. The van der Waals surface area contributed by atoms with Gasteiger partial charge in [-0.15, -0.1) is 0 Å². The molecule has 0 radical (unpaired) electrons. The van der Waals surface area contributed by atoms with Crippen LogP contribution in [0.3, 0.4) is 0 Å². The first-order valence-electron chi connectivity index (χ1n) is 7.49. The van der Waals surface area contributed by atoms with Crippen LogP contribution in [0.15, 0.2) is 0 Å². The fraction of sp³-hybridized carbons (Fsp3) is 0.929. The van der Waals surface area contributed by atoms with Crippen LogP contribution in [0.2, 0.25) is 0 Å². The largest absolute Gasteiger partial charge is 0.469 e. The average Bonchev–Trinajstić information content (AvgIpc) is 3.08. The van der Waals surface area contributed by atoms with Gasteiger partial charge in [0.1, 0.15) is 0 Å². The lowest BCUT2D eigenvalue weighted by Crippen LogP contribution is -2.42. The summed E-state index contributed by atoms with van der Waals surface area (Å²) in [5.41, 5.74) is 0. The van der Waals surface area contributed by atoms with Crippen molar-refractivity contribution in [2.75, 3.05) is 20.7 Å². The first kappa shape index (κ1) is 15.8. The summed E-state index contributed by atoms with van der Waals surface area (Å²) in [4.78, 5) is 11.7. The van der Waals surface area contributed by atoms with E-state index in [2.05, 4.69) is 0 Å². The molecular formula is C14H25NO4S. The molecule has 2 aliphatic rings. The maximum absolute atomic E-state index is 12.7. The van der Waals surface area contributed by atoms with Crippen LogP contribution in [0.25, 0.3) is 0 Å². The summed E-state index contributed by atoms with van der Waals surface area (Å²) in [6.45, 7) is 0.590. The first-order chi connectivity index (χ1) is 9.46. The minimum Gasteiger partial charge on any atom is -0.469 e. The van der Waals surface area contributed by atoms with Crippen LogP contribution >= 0.6 is 0 Å². The van der Waals surface area contributed by atoms with Gasteiger partial charge < -0.3 is 4.74 Å². The first-order valence-corrected chi connectivity index (χ1v) is 9.00. The highest BCUT2D eigenvalue weighted by Gasteiger charge is 2.44. The van der Waals surface area contributed by atoms with Gasteiger partial charge in [0, 0.05) is 13.6 Å². The lowest BCUT2D eigenvalue weighted by atomic mass is 10.1. The summed E-state index contributed by atoms with van der Waals surface area (Å²) in [5, 5.41) is -0.596. The lowest BCUT2D eigenvalue weighted by Gasteiger charge is -2.26. The van der Waals surface area contributed by atoms with Crippen LogP contribution in [0.5, 0.6) is 0 Å². The minimum absolute atomic E-state index is 0.384. The van der Waals surface area contributed by atoms with Gasteiger partial charge in [0.15, 0.2) is 0 Å². The molecule has 0 N–H and O–H groups in total. The van der Waals surface area contributed by atoms with Gasteiger partial charge in [0.2, 0.25) is 10.0 Å². The number of hydrogen-bond acceptors (Lipinski definition) is 4. The van der Waals surface area contributed by atoms with Gasteiger partial charge in [-0.1, -0.05) is 19.3 Å². The molecule has 0 bridgehead atoms. The average molecular weight is 303 g/mol. The van der Waals surface area contributed by atoms with Gasteiger partial charge >= 0.3 is 5.97 Å². The van der Waals surface area contributed by atoms with E-state index in [0.717, 1.165) is 19.3 Å². The molecular weight excluding hydrogens is 278 g/mol. The molecule has 0 aromatic rings. The molecule has 0 aliphatic heterocycles. The van der Waals surface area contributed by atoms with E-state index in [4.69, 9.17) is 4.74 Å². The van der Waals surface area contributed by atoms with Crippen LogP contribution in [0.1, 0.15) is 44.9 Å². The van der Waals surface area contributed by atoms with E-state index < -0.39 is 21.2 Å². The monoisotopic (exact) mass is 303 g/mol. The Labute approximate surface area is 121 Å². The minimum atomic E-state index is -3.40. The molecule has 2 fully saturated rings. The highest BCUT2D eigenvalue weighted by molar-refractivity contribution is 7.89. The van der Waals surface area contributed by atoms with Crippen LogP contribution in [-0.2, 0) is 19.6 Å². The van der Waals surface area contributed by atoms with Crippen molar-refractivity contribution >= 4 is 16.0 Å². The number of ether oxygens (including phenoxy) is 1. The van der Waals surface area contributed by atoms with Gasteiger partial charge in [0.25, 0.3) is 0 Å². The molecule has 0 heterocycles. The summed E-state index contributed by atoms with van der Waals surface area (Å²) in [7, 11) is -0.419. The summed E-state index contributed by atoms with van der Waals surface area (Å²) in [6.07, 6.45) is 6.60. The fourth-order valence-electron chi connectivity index (χ4n) is 3.60. The van der Waals surface area contributed by atoms with Gasteiger partial charge in [0.05, 0.1) is 18.3 Å². The second kappa shape index (κ2) is 6.43. The second-order valence-corrected chi connectivity index (χ2v) is 8.33. The zero-order chi connectivity index (χ0) is 14.8. The normalized spacial score (nSPS) is 28.1. The van der Waals surface area contributed by atoms with Crippen molar-refractivity contribution in [2.24, 2.45) is 11.8 Å². The molecule has 116 valence electrons. The Bertz CT molecular complexity index is 442. The Morgan fingerprint density at radius 3 is 2.40 bits per heavy atom. The predicted octanol–water partition coefficient (Wildman–Crippen LogP) is 1.78. The van der Waals surface area contributed by atoms with Gasteiger partial charge in [-0.3, -0.25) is 4.79 Å². The maximum atomic E-state index is 12.7. The summed E-state index contributed by atoms with van der Waals surface area (Å²) in [5.74, 6) is -0.394. The number of esters is 1. The highest BCUT2D eigenvalue weighted by Crippen LogP contribution is 2.34. The number of sulfonamides is 1. The highest BCUT2D eigenvalue weighted by atomic mass is 32.2. The van der Waals surface area contributed by atoms with Crippen LogP contribution in [-0.4, -0.2) is 44.6 Å². The van der Waals surface area contributed by atoms with Crippen LogP contribution in [0.4, 0.5) is 0 Å². The number of methoxy groups -OCH3 is 1. The van der Waals surface area contributed by atoms with Crippen molar-refractivity contribution in [3.05, 3.63) is 0 Å². The third-order valence-corrected chi connectivity index (χ3v) is 7.11. The fourth-order valence-corrected chi connectivity index (χ4v) is 5.60. The van der Waals surface area contributed by atoms with Crippen molar-refractivity contribution in [2.45, 2.75) is 50.2 Å². The zero-order valence-electron chi connectivity index (χ0n) is 12.4. The van der Waals surface area contributed by atoms with E-state index >= 15 is 0 Å². The van der Waals surface area contributed by atoms with Crippen LogP contribution in [0, 0.1) is 11.8 Å². The van der Waals surface area contributed by atoms with Gasteiger partial charge in [-0.25, -0.2) is 12.7 Å². The van der Waals surface area contributed by atoms with Crippen molar-refractivity contribution in [1.82, 2.24) is 4.31 Å². The molecule has 0 saturated heterocycles. The third-order valence-electron chi connectivity index (χ3n) is 4.76. The number of carbonyl (C=O) groups excluding carboxylic acids is 1. The maximum Gasteiger partial charge on any atom is 0.310 e. The summed E-state index contributed by atoms with van der Waals surface area (Å²) in [6, 6.07) is 0. The smallest absolute Gasteiger partial charge is 0.310 e. The van der Waals surface area contributed by atoms with Crippen molar-refractivity contribution in [3.63, 3.8) is 0 Å². The van der Waals surface area contributed by atoms with E-state index in [1.807, 2.05) is 0 Å². The molecule has 0 aromatic heterocycles. The lowest BCUT2D eigenvalue weighted by molar-refractivity contribution is -0.145. The number of nitrogens with zero attached hydrogens (tertiary/aromatic N) is 1. The van der Waals surface area contributed by atoms with E-state index in [0.29, 0.717) is 25.3 Å². The van der Waals surface area contributed by atoms with Crippen LogP contribution < -0.4 is 0 Å². The number of rotatable bonds is 5. The summed E-state index contributed by atoms with van der Waals surface area (Å²) < 4.78 is 31.6. The second-order valence-electron chi connectivity index (χ2n) is 6.07. The topological polar surface area (TPSA) is 63.7 Å². The molecule has 2 saturated carbocycles. The molecule has 2 aliphatic carbocycles. The quantitative estimate of drug-likeness (QED) is 0.726. The summed E-state index contributed by atoms with van der Waals surface area (Å²) >= 11 is 0. The number of carbonyl (C=O) groups is 1.